The van der Waals surface area contributed by atoms with Crippen LogP contribution in [0, 0.1) is 0 Å². The summed E-state index contributed by atoms with van der Waals surface area (Å²) in [5.41, 5.74) is 0.444. The minimum absolute atomic E-state index is 0.177. The fourth-order valence-electron chi connectivity index (χ4n) is 2.90. The number of carbonyl (C=O) groups is 1. The monoisotopic (exact) mass is 319 g/mol. The highest BCUT2D eigenvalue weighted by Gasteiger charge is 2.24. The first kappa shape index (κ1) is 17.6. The largest absolute Gasteiger partial charge is 0.388 e. The number of aliphatic hydroxyl groups is 1. The zero-order valence-electron chi connectivity index (χ0n) is 14.2. The van der Waals surface area contributed by atoms with Crippen molar-refractivity contribution in [2.75, 3.05) is 24.5 Å². The molecule has 1 heterocycles. The van der Waals surface area contributed by atoms with Gasteiger partial charge < -0.3 is 20.6 Å². The quantitative estimate of drug-likeness (QED) is 0.755. The summed E-state index contributed by atoms with van der Waals surface area (Å²) < 4.78 is 0. The van der Waals surface area contributed by atoms with Crippen molar-refractivity contribution >= 4 is 11.7 Å². The number of rotatable bonds is 6. The van der Waals surface area contributed by atoms with Gasteiger partial charge in [-0.05, 0) is 37.8 Å². The van der Waals surface area contributed by atoms with Gasteiger partial charge in [-0.1, -0.05) is 32.0 Å². The van der Waals surface area contributed by atoms with E-state index in [1.54, 1.807) is 0 Å². The van der Waals surface area contributed by atoms with E-state index in [4.69, 9.17) is 0 Å². The number of hydrogen-bond acceptors (Lipinski definition) is 3. The van der Waals surface area contributed by atoms with E-state index in [2.05, 4.69) is 39.8 Å². The van der Waals surface area contributed by atoms with E-state index in [1.807, 2.05) is 19.9 Å². The molecule has 5 heteroatoms. The van der Waals surface area contributed by atoms with Gasteiger partial charge in [0.05, 0.1) is 5.60 Å². The number of para-hydroxylation sites is 1. The molecule has 1 aliphatic rings. The van der Waals surface area contributed by atoms with Crippen LogP contribution in [0.25, 0.3) is 0 Å². The Morgan fingerprint density at radius 1 is 1.22 bits per heavy atom. The summed E-state index contributed by atoms with van der Waals surface area (Å²) in [7, 11) is 0. The number of urea groups is 1. The summed E-state index contributed by atoms with van der Waals surface area (Å²) in [5, 5.41) is 16.0. The van der Waals surface area contributed by atoms with Crippen molar-refractivity contribution in [1.82, 2.24) is 10.6 Å². The molecule has 2 rings (SSSR count). The van der Waals surface area contributed by atoms with Crippen LogP contribution in [-0.2, 0) is 0 Å². The van der Waals surface area contributed by atoms with Crippen LogP contribution in [-0.4, -0.2) is 42.4 Å². The number of piperidine rings is 1. The summed E-state index contributed by atoms with van der Waals surface area (Å²) in [4.78, 5) is 14.3. The van der Waals surface area contributed by atoms with E-state index in [-0.39, 0.29) is 12.1 Å². The standard InChI is InChI=1S/C18H29N3O2/c1-3-18(23,4-2)14-19-17(22)20-15-10-12-21(13-11-15)16-8-6-5-7-9-16/h5-9,15,23H,3-4,10-14H2,1-2H3,(H2,19,20,22). The number of amides is 2. The fraction of sp³-hybridized carbons (Fsp3) is 0.611. The van der Waals surface area contributed by atoms with Crippen molar-refractivity contribution in [3.05, 3.63) is 30.3 Å². The normalized spacial score (nSPS) is 16.2. The molecule has 23 heavy (non-hydrogen) atoms. The van der Waals surface area contributed by atoms with Crippen LogP contribution in [0.4, 0.5) is 10.5 Å². The molecule has 1 aromatic carbocycles. The summed E-state index contributed by atoms with van der Waals surface area (Å²) in [6.07, 6.45) is 3.15. The van der Waals surface area contributed by atoms with Crippen LogP contribution in [0.15, 0.2) is 30.3 Å². The van der Waals surface area contributed by atoms with E-state index in [9.17, 15) is 9.90 Å². The first-order valence-electron chi connectivity index (χ1n) is 8.63. The molecule has 3 N–H and O–H groups in total. The lowest BCUT2D eigenvalue weighted by atomic mass is 9.98. The Bertz CT molecular complexity index is 480. The molecular formula is C18H29N3O2. The van der Waals surface area contributed by atoms with Crippen molar-refractivity contribution in [2.45, 2.75) is 51.2 Å². The second-order valence-electron chi connectivity index (χ2n) is 6.36. The number of nitrogens with zero attached hydrogens (tertiary/aromatic N) is 1. The van der Waals surface area contributed by atoms with Gasteiger partial charge in [0, 0.05) is 31.4 Å². The highest BCUT2D eigenvalue weighted by atomic mass is 16.3. The minimum atomic E-state index is -0.798. The molecule has 1 fully saturated rings. The van der Waals surface area contributed by atoms with E-state index < -0.39 is 5.60 Å². The number of nitrogens with one attached hydrogen (secondary N) is 2. The molecule has 0 spiro atoms. The van der Waals surface area contributed by atoms with Gasteiger partial charge in [-0.3, -0.25) is 0 Å². The number of carbonyl (C=O) groups excluding carboxylic acids is 1. The fourth-order valence-corrected chi connectivity index (χ4v) is 2.90. The van der Waals surface area contributed by atoms with E-state index >= 15 is 0 Å². The molecule has 0 bridgehead atoms. The molecule has 0 aliphatic carbocycles. The SMILES string of the molecule is CCC(O)(CC)CNC(=O)NC1CCN(c2ccccc2)CC1. The third kappa shape index (κ3) is 5.13. The molecule has 0 radical (unpaired) electrons. The highest BCUT2D eigenvalue weighted by Crippen LogP contribution is 2.19. The first-order chi connectivity index (χ1) is 11.1. The Morgan fingerprint density at radius 2 is 1.83 bits per heavy atom. The second kappa shape index (κ2) is 8.20. The third-order valence-corrected chi connectivity index (χ3v) is 4.85. The van der Waals surface area contributed by atoms with Crippen LogP contribution in [0.5, 0.6) is 0 Å². The molecule has 128 valence electrons. The van der Waals surface area contributed by atoms with Crippen molar-refractivity contribution in [3.63, 3.8) is 0 Å². The summed E-state index contributed by atoms with van der Waals surface area (Å²) in [6.45, 7) is 6.06. The minimum Gasteiger partial charge on any atom is -0.388 e. The van der Waals surface area contributed by atoms with E-state index in [1.165, 1.54) is 5.69 Å². The van der Waals surface area contributed by atoms with Gasteiger partial charge in [-0.25, -0.2) is 4.79 Å². The lowest BCUT2D eigenvalue weighted by Gasteiger charge is -2.34. The van der Waals surface area contributed by atoms with Crippen LogP contribution in [0.3, 0.4) is 0 Å². The maximum atomic E-state index is 12.0. The average molecular weight is 319 g/mol. The number of anilines is 1. The summed E-state index contributed by atoms with van der Waals surface area (Å²) in [5.74, 6) is 0. The molecule has 5 nitrogen and oxygen atoms in total. The Kier molecular flexibility index (Phi) is 6.28. The van der Waals surface area contributed by atoms with Crippen molar-refractivity contribution < 1.29 is 9.90 Å². The van der Waals surface area contributed by atoms with Gasteiger partial charge in [0.25, 0.3) is 0 Å². The maximum Gasteiger partial charge on any atom is 0.315 e. The van der Waals surface area contributed by atoms with Crippen molar-refractivity contribution in [3.8, 4) is 0 Å². The number of hydrogen-bond donors (Lipinski definition) is 3. The zero-order valence-corrected chi connectivity index (χ0v) is 14.2. The second-order valence-corrected chi connectivity index (χ2v) is 6.36. The maximum absolute atomic E-state index is 12.0. The molecule has 0 saturated carbocycles. The van der Waals surface area contributed by atoms with Gasteiger partial charge in [-0.15, -0.1) is 0 Å². The molecule has 1 saturated heterocycles. The molecular weight excluding hydrogens is 290 g/mol. The highest BCUT2D eigenvalue weighted by molar-refractivity contribution is 5.74. The van der Waals surface area contributed by atoms with Gasteiger partial charge in [-0.2, -0.15) is 0 Å². The lowest BCUT2D eigenvalue weighted by molar-refractivity contribution is 0.0348. The van der Waals surface area contributed by atoms with Gasteiger partial charge >= 0.3 is 6.03 Å². The predicted molar refractivity (Wildman–Crippen MR) is 93.7 cm³/mol. The van der Waals surface area contributed by atoms with Gasteiger partial charge in [0.1, 0.15) is 0 Å². The van der Waals surface area contributed by atoms with Gasteiger partial charge in [0.15, 0.2) is 0 Å². The lowest BCUT2D eigenvalue weighted by Crippen LogP contribution is -2.51. The Labute approximate surface area is 139 Å². The Balaban J connectivity index is 1.73. The van der Waals surface area contributed by atoms with Gasteiger partial charge in [0.2, 0.25) is 0 Å². The first-order valence-corrected chi connectivity index (χ1v) is 8.63. The topological polar surface area (TPSA) is 64.6 Å². The van der Waals surface area contributed by atoms with Crippen molar-refractivity contribution in [2.24, 2.45) is 0 Å². The van der Waals surface area contributed by atoms with E-state index in [0.29, 0.717) is 19.4 Å². The smallest absolute Gasteiger partial charge is 0.315 e. The van der Waals surface area contributed by atoms with Crippen LogP contribution in [0.2, 0.25) is 0 Å². The van der Waals surface area contributed by atoms with Crippen molar-refractivity contribution in [1.29, 1.82) is 0 Å². The molecule has 0 atom stereocenters. The van der Waals surface area contributed by atoms with Crippen LogP contribution in [0.1, 0.15) is 39.5 Å². The predicted octanol–water partition coefficient (Wildman–Crippen LogP) is 2.51. The molecule has 0 aromatic heterocycles. The van der Waals surface area contributed by atoms with Crippen LogP contribution >= 0.6 is 0 Å². The van der Waals surface area contributed by atoms with E-state index in [0.717, 1.165) is 25.9 Å². The summed E-state index contributed by atoms with van der Waals surface area (Å²) in [6, 6.07) is 10.4. The third-order valence-electron chi connectivity index (χ3n) is 4.85. The average Bonchev–Trinajstić information content (AvgIpc) is 2.61. The van der Waals surface area contributed by atoms with Crippen LogP contribution < -0.4 is 15.5 Å². The molecule has 1 aromatic rings. The zero-order chi connectivity index (χ0) is 16.7. The Hall–Kier alpha value is -1.75. The Morgan fingerprint density at radius 3 is 2.39 bits per heavy atom. The summed E-state index contributed by atoms with van der Waals surface area (Å²) >= 11 is 0. The molecule has 2 amide bonds. The number of benzene rings is 1. The molecule has 1 aliphatic heterocycles. The molecule has 0 unspecified atom stereocenters.